The third kappa shape index (κ3) is 6.03. The van der Waals surface area contributed by atoms with Crippen LogP contribution in [0.5, 0.6) is 5.75 Å². The molecule has 5 rings (SSSR count). The summed E-state index contributed by atoms with van der Waals surface area (Å²) >= 11 is 1.63. The molecule has 0 saturated carbocycles. The smallest absolute Gasteiger partial charge is 0.550 e. The van der Waals surface area contributed by atoms with Crippen LogP contribution in [0.25, 0.3) is 12.2 Å². The van der Waals surface area contributed by atoms with Gasteiger partial charge in [0, 0.05) is 28.9 Å². The van der Waals surface area contributed by atoms with E-state index in [9.17, 15) is 9.90 Å². The van der Waals surface area contributed by atoms with Crippen molar-refractivity contribution in [2.75, 3.05) is 5.75 Å². The number of benzene rings is 2. The topological polar surface area (TPSA) is 62.2 Å². The van der Waals surface area contributed by atoms with Crippen molar-refractivity contribution in [2.24, 2.45) is 5.92 Å². The molecule has 0 amide bonds. The number of nitrogens with zero attached hydrogens (tertiary/aromatic N) is 1. The average Bonchev–Trinajstić information content (AvgIpc) is 3.02. The SMILES string of the molecule is CC(CSC1c2ccccc2COc2ccc(/C=C/c3ccc4c(n3)CCCC4)cc21)C(=O)[O-].[Na+]. The fraction of sp³-hybridized carbons (Fsp3) is 0.310. The van der Waals surface area contributed by atoms with Crippen molar-refractivity contribution in [1.82, 2.24) is 4.98 Å². The van der Waals surface area contributed by atoms with Crippen molar-refractivity contribution >= 4 is 29.9 Å². The molecular weight excluding hydrogens is 465 g/mol. The standard InChI is InChI=1S/C29H29NO3S.Na/c1-19(29(31)32)18-34-28-24-8-4-2-7-22(24)17-33-27-15-11-20(16-25(27)28)10-13-23-14-12-21-6-3-5-9-26(21)30-23;/h2,4,7-8,10-16,19,28H,3,5-6,9,17-18H2,1H3,(H,31,32);/q;+1/p-1/b13-10+;. The molecule has 0 spiro atoms. The summed E-state index contributed by atoms with van der Waals surface area (Å²) in [5, 5.41) is 11.3. The molecule has 3 aromatic rings. The average molecular weight is 494 g/mol. The second-order valence-corrected chi connectivity index (χ2v) is 10.2. The maximum absolute atomic E-state index is 11.3. The molecule has 0 saturated heterocycles. The van der Waals surface area contributed by atoms with Gasteiger partial charge in [-0.2, -0.15) is 0 Å². The van der Waals surface area contributed by atoms with Crippen LogP contribution < -0.4 is 39.4 Å². The normalized spacial score (nSPS) is 17.2. The van der Waals surface area contributed by atoms with Crippen molar-refractivity contribution in [3.8, 4) is 5.75 Å². The Morgan fingerprint density at radius 2 is 1.91 bits per heavy atom. The monoisotopic (exact) mass is 493 g/mol. The largest absolute Gasteiger partial charge is 1.00 e. The zero-order chi connectivity index (χ0) is 23.5. The molecule has 2 aliphatic rings. The first kappa shape index (κ1) is 26.0. The van der Waals surface area contributed by atoms with Crippen LogP contribution in [0.3, 0.4) is 0 Å². The van der Waals surface area contributed by atoms with Crippen LogP contribution in [0.4, 0.5) is 0 Å². The van der Waals surface area contributed by atoms with Gasteiger partial charge in [-0.3, -0.25) is 4.98 Å². The number of rotatable bonds is 6. The first-order chi connectivity index (χ1) is 16.6. The van der Waals surface area contributed by atoms with Gasteiger partial charge in [0.2, 0.25) is 0 Å². The number of carbonyl (C=O) groups is 1. The molecule has 2 atom stereocenters. The molecule has 1 aromatic heterocycles. The Morgan fingerprint density at radius 1 is 1.09 bits per heavy atom. The number of carboxylic acid groups (broad SMARTS) is 1. The number of hydrogen-bond acceptors (Lipinski definition) is 5. The van der Waals surface area contributed by atoms with Gasteiger partial charge in [0.1, 0.15) is 12.4 Å². The zero-order valence-corrected chi connectivity index (χ0v) is 23.1. The molecular formula is C29H28NNaO3S. The Balaban J connectivity index is 0.00000289. The summed E-state index contributed by atoms with van der Waals surface area (Å²) in [5.74, 6) is -0.221. The van der Waals surface area contributed by atoms with E-state index in [-0.39, 0.29) is 34.8 Å². The zero-order valence-electron chi connectivity index (χ0n) is 20.3. The van der Waals surface area contributed by atoms with Crippen LogP contribution in [0.1, 0.15) is 64.2 Å². The van der Waals surface area contributed by atoms with Crippen LogP contribution in [-0.2, 0) is 24.2 Å². The molecule has 1 aliphatic heterocycles. The van der Waals surface area contributed by atoms with Gasteiger partial charge in [-0.25, -0.2) is 0 Å². The van der Waals surface area contributed by atoms with E-state index in [0.717, 1.165) is 41.0 Å². The fourth-order valence-electron chi connectivity index (χ4n) is 4.61. The van der Waals surface area contributed by atoms with E-state index in [2.05, 4.69) is 48.6 Å². The maximum atomic E-state index is 11.3. The van der Waals surface area contributed by atoms with Crippen LogP contribution in [0.2, 0.25) is 0 Å². The van der Waals surface area contributed by atoms with Crippen LogP contribution in [0, 0.1) is 5.92 Å². The summed E-state index contributed by atoms with van der Waals surface area (Å²) in [6.07, 6.45) is 8.84. The van der Waals surface area contributed by atoms with Gasteiger partial charge in [0.25, 0.3) is 0 Å². The maximum Gasteiger partial charge on any atom is 1.00 e. The third-order valence-corrected chi connectivity index (χ3v) is 8.13. The van der Waals surface area contributed by atoms with Gasteiger partial charge in [-0.05, 0) is 72.2 Å². The van der Waals surface area contributed by atoms with Gasteiger partial charge in [0.05, 0.1) is 10.9 Å². The van der Waals surface area contributed by atoms with Crippen LogP contribution in [0.15, 0.2) is 54.6 Å². The molecule has 2 aromatic carbocycles. The molecule has 0 radical (unpaired) electrons. The summed E-state index contributed by atoms with van der Waals surface area (Å²) in [6, 6.07) is 18.8. The molecule has 0 N–H and O–H groups in total. The number of carboxylic acids is 1. The summed E-state index contributed by atoms with van der Waals surface area (Å²) in [7, 11) is 0. The van der Waals surface area contributed by atoms with Crippen molar-refractivity contribution in [1.29, 1.82) is 0 Å². The molecule has 174 valence electrons. The molecule has 2 heterocycles. The number of ether oxygens (including phenoxy) is 1. The molecule has 4 nitrogen and oxygen atoms in total. The van der Waals surface area contributed by atoms with E-state index < -0.39 is 11.9 Å². The van der Waals surface area contributed by atoms with E-state index in [1.807, 2.05) is 18.2 Å². The Kier molecular flexibility index (Phi) is 8.77. The first-order valence-corrected chi connectivity index (χ1v) is 13.0. The minimum atomic E-state index is -1.01. The molecule has 2 unspecified atom stereocenters. The van der Waals surface area contributed by atoms with E-state index >= 15 is 0 Å². The second-order valence-electron chi connectivity index (χ2n) is 9.10. The number of carbonyl (C=O) groups excluding carboxylic acids is 1. The van der Waals surface area contributed by atoms with Crippen molar-refractivity contribution in [3.63, 3.8) is 0 Å². The summed E-state index contributed by atoms with van der Waals surface area (Å²) in [6.45, 7) is 2.21. The molecule has 1 aliphatic carbocycles. The number of fused-ring (bicyclic) bond motifs is 3. The summed E-state index contributed by atoms with van der Waals surface area (Å²) in [4.78, 5) is 16.2. The molecule has 0 bridgehead atoms. The summed E-state index contributed by atoms with van der Waals surface area (Å²) < 4.78 is 6.16. The number of aryl methyl sites for hydroxylation is 2. The quantitative estimate of drug-likeness (QED) is 0.493. The summed E-state index contributed by atoms with van der Waals surface area (Å²) in [5.41, 5.74) is 8.04. The second kappa shape index (κ2) is 11.8. The van der Waals surface area contributed by atoms with E-state index in [0.29, 0.717) is 12.4 Å². The van der Waals surface area contributed by atoms with Crippen LogP contribution >= 0.6 is 11.8 Å². The van der Waals surface area contributed by atoms with E-state index in [4.69, 9.17) is 9.72 Å². The van der Waals surface area contributed by atoms with Gasteiger partial charge in [-0.1, -0.05) is 49.4 Å². The first-order valence-electron chi connectivity index (χ1n) is 11.9. The number of hydrogen-bond donors (Lipinski definition) is 0. The van der Waals surface area contributed by atoms with Crippen LogP contribution in [-0.4, -0.2) is 16.7 Å². The Bertz CT molecular complexity index is 1240. The van der Waals surface area contributed by atoms with Crippen molar-refractivity contribution in [2.45, 2.75) is 44.5 Å². The van der Waals surface area contributed by atoms with Gasteiger partial charge < -0.3 is 14.6 Å². The van der Waals surface area contributed by atoms with E-state index in [1.54, 1.807) is 18.7 Å². The molecule has 6 heteroatoms. The Labute approximate surface area is 233 Å². The van der Waals surface area contributed by atoms with Gasteiger partial charge in [-0.15, -0.1) is 11.8 Å². The Morgan fingerprint density at radius 3 is 2.77 bits per heavy atom. The number of aliphatic carboxylic acids is 1. The third-order valence-electron chi connectivity index (χ3n) is 6.60. The number of aromatic nitrogens is 1. The molecule has 35 heavy (non-hydrogen) atoms. The van der Waals surface area contributed by atoms with Gasteiger partial charge in [0.15, 0.2) is 0 Å². The van der Waals surface area contributed by atoms with Crippen molar-refractivity contribution in [3.05, 3.63) is 93.8 Å². The number of pyridine rings is 1. The fourth-order valence-corrected chi connectivity index (χ4v) is 6.00. The van der Waals surface area contributed by atoms with Gasteiger partial charge >= 0.3 is 29.6 Å². The predicted octanol–water partition coefficient (Wildman–Crippen LogP) is 2.24. The predicted molar refractivity (Wildman–Crippen MR) is 135 cm³/mol. The van der Waals surface area contributed by atoms with Crippen molar-refractivity contribution < 1.29 is 44.2 Å². The van der Waals surface area contributed by atoms with E-state index in [1.165, 1.54) is 29.7 Å². The minimum absolute atomic E-state index is 0. The Hall–Kier alpha value is -2.05. The number of thioether (sulfide) groups is 1. The minimum Gasteiger partial charge on any atom is -0.550 e. The molecule has 0 fully saturated rings.